The van der Waals surface area contributed by atoms with Crippen molar-refractivity contribution in [2.75, 3.05) is 0 Å². The van der Waals surface area contributed by atoms with Crippen molar-refractivity contribution in [1.29, 1.82) is 0 Å². The van der Waals surface area contributed by atoms with Gasteiger partial charge in [0, 0.05) is 0 Å². The van der Waals surface area contributed by atoms with Crippen molar-refractivity contribution >= 4 is 22.4 Å². The first-order valence-electron chi connectivity index (χ1n) is 7.00. The van der Waals surface area contributed by atoms with E-state index in [9.17, 15) is 0 Å². The summed E-state index contributed by atoms with van der Waals surface area (Å²) < 4.78 is 2.36. The molecule has 2 nitrogen and oxygen atoms in total. The van der Waals surface area contributed by atoms with Crippen molar-refractivity contribution in [2.45, 2.75) is 6.54 Å². The molecule has 0 bridgehead atoms. The normalized spacial score (nSPS) is 11.0. The zero-order valence-corrected chi connectivity index (χ0v) is 12.3. The summed E-state index contributed by atoms with van der Waals surface area (Å²) in [5.74, 6) is 1.18. The predicted molar refractivity (Wildman–Crippen MR) is 87.4 cm³/mol. The Labute approximate surface area is 127 Å². The first-order valence-corrected chi connectivity index (χ1v) is 7.88. The number of hydrogen-bond donors (Lipinski definition) is 1. The number of aromatic nitrogens is 2. The van der Waals surface area contributed by atoms with Gasteiger partial charge in [-0.25, -0.2) is 9.55 Å². The molecule has 0 unspecified atom stereocenters. The van der Waals surface area contributed by atoms with Crippen LogP contribution in [-0.2, 0) is 6.54 Å². The SMILES string of the molecule is c1ccc(C[n+]2c(-c3cccs3)[nH]c3ccccc32)cc1. The lowest BCUT2D eigenvalue weighted by atomic mass is 10.2. The van der Waals surface area contributed by atoms with Gasteiger partial charge in [-0.2, -0.15) is 0 Å². The highest BCUT2D eigenvalue weighted by Gasteiger charge is 2.20. The number of aromatic amines is 1. The number of thiophene rings is 1. The fourth-order valence-corrected chi connectivity index (χ4v) is 3.40. The zero-order valence-electron chi connectivity index (χ0n) is 11.5. The standard InChI is InChI=1S/C18H14N2S/c1-2-7-14(8-3-1)13-20-16-10-5-4-9-15(16)19-18(20)17-11-6-12-21-17/h1-12H,13H2/p+1. The Morgan fingerprint density at radius 1 is 0.857 bits per heavy atom. The second-order valence-electron chi connectivity index (χ2n) is 5.04. The molecule has 0 saturated heterocycles. The van der Waals surface area contributed by atoms with Crippen LogP contribution in [0, 0.1) is 0 Å². The van der Waals surface area contributed by atoms with E-state index in [2.05, 4.69) is 81.7 Å². The quantitative estimate of drug-likeness (QED) is 0.545. The molecule has 4 aromatic rings. The van der Waals surface area contributed by atoms with Crippen LogP contribution in [0.1, 0.15) is 5.56 Å². The van der Waals surface area contributed by atoms with E-state index < -0.39 is 0 Å². The van der Waals surface area contributed by atoms with E-state index in [1.165, 1.54) is 27.3 Å². The van der Waals surface area contributed by atoms with Crippen LogP contribution in [0.4, 0.5) is 0 Å². The maximum absolute atomic E-state index is 3.56. The number of hydrogen-bond acceptors (Lipinski definition) is 1. The topological polar surface area (TPSA) is 19.7 Å². The lowest BCUT2D eigenvalue weighted by molar-refractivity contribution is -0.650. The molecule has 21 heavy (non-hydrogen) atoms. The van der Waals surface area contributed by atoms with E-state index in [-0.39, 0.29) is 0 Å². The first-order chi connectivity index (χ1) is 10.4. The molecule has 0 saturated carbocycles. The van der Waals surface area contributed by atoms with Crippen LogP contribution in [0.5, 0.6) is 0 Å². The van der Waals surface area contributed by atoms with E-state index >= 15 is 0 Å². The Morgan fingerprint density at radius 3 is 2.48 bits per heavy atom. The van der Waals surface area contributed by atoms with E-state index in [0.717, 1.165) is 6.54 Å². The van der Waals surface area contributed by atoms with Gasteiger partial charge in [-0.1, -0.05) is 48.5 Å². The second kappa shape index (κ2) is 5.19. The van der Waals surface area contributed by atoms with Crippen LogP contribution in [0.3, 0.4) is 0 Å². The van der Waals surface area contributed by atoms with Gasteiger partial charge in [-0.15, -0.1) is 11.3 Å². The Morgan fingerprint density at radius 2 is 1.67 bits per heavy atom. The Kier molecular flexibility index (Phi) is 3.05. The summed E-state index contributed by atoms with van der Waals surface area (Å²) in [6, 6.07) is 23.3. The van der Waals surface area contributed by atoms with Crippen molar-refractivity contribution in [1.82, 2.24) is 4.98 Å². The smallest absolute Gasteiger partial charge is 0.236 e. The summed E-state index contributed by atoms with van der Waals surface area (Å²) in [5, 5.41) is 2.12. The van der Waals surface area contributed by atoms with E-state index in [1.54, 1.807) is 11.3 Å². The fraction of sp³-hybridized carbons (Fsp3) is 0.0556. The molecule has 0 fully saturated rings. The van der Waals surface area contributed by atoms with Crippen LogP contribution >= 0.6 is 11.3 Å². The number of nitrogens with one attached hydrogen (secondary N) is 1. The highest BCUT2D eigenvalue weighted by molar-refractivity contribution is 7.13. The number of benzene rings is 2. The van der Waals surface area contributed by atoms with Crippen molar-refractivity contribution < 1.29 is 4.57 Å². The maximum Gasteiger partial charge on any atom is 0.298 e. The largest absolute Gasteiger partial charge is 0.298 e. The van der Waals surface area contributed by atoms with Gasteiger partial charge in [0.25, 0.3) is 5.82 Å². The van der Waals surface area contributed by atoms with Gasteiger partial charge in [0.2, 0.25) is 0 Å². The molecule has 0 amide bonds. The minimum atomic E-state index is 0.873. The monoisotopic (exact) mass is 291 g/mol. The number of H-pyrrole nitrogens is 1. The highest BCUT2D eigenvalue weighted by Crippen LogP contribution is 2.23. The van der Waals surface area contributed by atoms with Crippen molar-refractivity contribution in [3.05, 3.63) is 77.7 Å². The third-order valence-electron chi connectivity index (χ3n) is 3.66. The Bertz CT molecular complexity index is 861. The first kappa shape index (κ1) is 12.4. The molecule has 0 aliphatic rings. The number of nitrogens with zero attached hydrogens (tertiary/aromatic N) is 1. The molecule has 0 spiro atoms. The molecule has 3 heteroatoms. The van der Waals surface area contributed by atoms with Gasteiger partial charge in [-0.05, 0) is 29.1 Å². The number of rotatable bonds is 3. The molecule has 0 aliphatic carbocycles. The molecular formula is C18H15N2S+. The molecule has 2 aromatic heterocycles. The molecule has 2 aromatic carbocycles. The third-order valence-corrected chi connectivity index (χ3v) is 4.53. The Balaban J connectivity index is 1.91. The predicted octanol–water partition coefficient (Wildman–Crippen LogP) is 4.23. The number of fused-ring (bicyclic) bond motifs is 1. The van der Waals surface area contributed by atoms with Gasteiger partial charge in [0.1, 0.15) is 11.4 Å². The summed E-state index contributed by atoms with van der Waals surface area (Å²) in [4.78, 5) is 4.83. The molecule has 0 aliphatic heterocycles. The summed E-state index contributed by atoms with van der Waals surface area (Å²) in [6.45, 7) is 0.873. The number of para-hydroxylation sites is 2. The van der Waals surface area contributed by atoms with E-state index in [4.69, 9.17) is 0 Å². The molecule has 4 rings (SSSR count). The number of imidazole rings is 1. The molecule has 1 N–H and O–H groups in total. The van der Waals surface area contributed by atoms with Crippen molar-refractivity contribution in [3.63, 3.8) is 0 Å². The molecule has 102 valence electrons. The van der Waals surface area contributed by atoms with Gasteiger partial charge in [0.15, 0.2) is 11.0 Å². The van der Waals surface area contributed by atoms with E-state index in [1.807, 2.05) is 0 Å². The molecule has 0 atom stereocenters. The second-order valence-corrected chi connectivity index (χ2v) is 5.99. The van der Waals surface area contributed by atoms with Gasteiger partial charge in [0.05, 0.1) is 0 Å². The molecular weight excluding hydrogens is 276 g/mol. The van der Waals surface area contributed by atoms with Crippen LogP contribution in [0.15, 0.2) is 72.1 Å². The average molecular weight is 291 g/mol. The van der Waals surface area contributed by atoms with Crippen molar-refractivity contribution in [2.24, 2.45) is 0 Å². The average Bonchev–Trinajstić information content (AvgIpc) is 3.16. The minimum Gasteiger partial charge on any atom is -0.236 e. The molecule has 2 heterocycles. The summed E-state index contributed by atoms with van der Waals surface area (Å²) in [5.41, 5.74) is 3.73. The summed E-state index contributed by atoms with van der Waals surface area (Å²) in [7, 11) is 0. The maximum atomic E-state index is 3.56. The zero-order chi connectivity index (χ0) is 14.1. The van der Waals surface area contributed by atoms with Crippen LogP contribution in [0.25, 0.3) is 21.7 Å². The minimum absolute atomic E-state index is 0.873. The summed E-state index contributed by atoms with van der Waals surface area (Å²) >= 11 is 1.76. The lowest BCUT2D eigenvalue weighted by Crippen LogP contribution is -2.35. The summed E-state index contributed by atoms with van der Waals surface area (Å²) in [6.07, 6.45) is 0. The van der Waals surface area contributed by atoms with Crippen LogP contribution in [-0.4, -0.2) is 4.98 Å². The van der Waals surface area contributed by atoms with Gasteiger partial charge >= 0.3 is 0 Å². The highest BCUT2D eigenvalue weighted by atomic mass is 32.1. The van der Waals surface area contributed by atoms with Crippen LogP contribution in [0.2, 0.25) is 0 Å². The van der Waals surface area contributed by atoms with E-state index in [0.29, 0.717) is 0 Å². The molecule has 0 radical (unpaired) electrons. The lowest BCUT2D eigenvalue weighted by Gasteiger charge is -2.01. The third kappa shape index (κ3) is 2.26. The van der Waals surface area contributed by atoms with Gasteiger partial charge in [-0.3, -0.25) is 0 Å². The van der Waals surface area contributed by atoms with Crippen molar-refractivity contribution in [3.8, 4) is 10.7 Å². The Hall–Kier alpha value is -2.39. The van der Waals surface area contributed by atoms with Crippen LogP contribution < -0.4 is 4.57 Å². The fourth-order valence-electron chi connectivity index (χ4n) is 2.67. The van der Waals surface area contributed by atoms with Gasteiger partial charge < -0.3 is 0 Å².